The van der Waals surface area contributed by atoms with Crippen LogP contribution < -0.4 is 5.32 Å². The molecule has 0 amide bonds. The van der Waals surface area contributed by atoms with E-state index in [9.17, 15) is 0 Å². The summed E-state index contributed by atoms with van der Waals surface area (Å²) in [6.07, 6.45) is 0.169. The quantitative estimate of drug-likeness (QED) is 0.729. The average Bonchev–Trinajstić information content (AvgIpc) is 2.05. The maximum absolute atomic E-state index is 6.20. The second-order valence-corrected chi connectivity index (χ2v) is 16.9. The first-order valence-corrected chi connectivity index (χ1v) is 13.7. The molecule has 18 heavy (non-hydrogen) atoms. The fourth-order valence-electron chi connectivity index (χ4n) is 1.40. The van der Waals surface area contributed by atoms with Gasteiger partial charge in [-0.3, -0.25) is 0 Å². The first-order chi connectivity index (χ1) is 7.79. The third-order valence-corrected chi connectivity index (χ3v) is 4.16. The van der Waals surface area contributed by atoms with Crippen LogP contribution in [0.1, 0.15) is 20.8 Å². The lowest BCUT2D eigenvalue weighted by molar-refractivity contribution is 0.111. The van der Waals surface area contributed by atoms with Crippen molar-refractivity contribution in [3.63, 3.8) is 0 Å². The summed E-state index contributed by atoms with van der Waals surface area (Å²) in [5.74, 6) is 0. The van der Waals surface area contributed by atoms with Crippen LogP contribution in [-0.4, -0.2) is 41.4 Å². The van der Waals surface area contributed by atoms with Crippen LogP contribution in [0.4, 0.5) is 0 Å². The minimum Gasteiger partial charge on any atom is -0.415 e. The number of hydrogen-bond acceptors (Lipinski definition) is 3. The molecule has 1 unspecified atom stereocenters. The minimum atomic E-state index is -1.52. The van der Waals surface area contributed by atoms with Gasteiger partial charge in [0.15, 0.2) is 16.6 Å². The molecular weight excluding hydrogens is 258 g/mol. The van der Waals surface area contributed by atoms with E-state index in [0.717, 1.165) is 6.54 Å². The van der Waals surface area contributed by atoms with Crippen LogP contribution >= 0.6 is 0 Å². The zero-order valence-corrected chi connectivity index (χ0v) is 15.8. The predicted molar refractivity (Wildman–Crippen MR) is 85.3 cm³/mol. The van der Waals surface area contributed by atoms with Crippen LogP contribution in [0.5, 0.6) is 0 Å². The molecule has 1 N–H and O–H groups in total. The molecular formula is C13H33NO2Si2. The Hall–Kier alpha value is 0.314. The molecule has 0 rings (SSSR count). The molecule has 0 saturated carbocycles. The van der Waals surface area contributed by atoms with E-state index in [1.807, 2.05) is 0 Å². The molecule has 0 bridgehead atoms. The maximum Gasteiger partial charge on any atom is 0.184 e. The zero-order valence-electron chi connectivity index (χ0n) is 13.8. The van der Waals surface area contributed by atoms with E-state index < -0.39 is 16.6 Å². The Kier molecular flexibility index (Phi) is 6.77. The Balaban J connectivity index is 4.35. The van der Waals surface area contributed by atoms with Crippen LogP contribution in [0.25, 0.3) is 0 Å². The van der Waals surface area contributed by atoms with Gasteiger partial charge in [0.25, 0.3) is 0 Å². The largest absolute Gasteiger partial charge is 0.415 e. The average molecular weight is 292 g/mol. The lowest BCUT2D eigenvalue weighted by Crippen LogP contribution is -2.47. The van der Waals surface area contributed by atoms with Crippen LogP contribution in [0, 0.1) is 0 Å². The van der Waals surface area contributed by atoms with Gasteiger partial charge in [-0.05, 0) is 60.1 Å². The Labute approximate surface area is 116 Å². The van der Waals surface area contributed by atoms with Crippen molar-refractivity contribution >= 4 is 16.6 Å². The molecule has 110 valence electrons. The molecule has 3 nitrogen and oxygen atoms in total. The molecule has 0 radical (unpaired) electrons. The third-order valence-electron chi connectivity index (χ3n) is 2.08. The molecule has 0 aromatic carbocycles. The zero-order chi connectivity index (χ0) is 14.6. The van der Waals surface area contributed by atoms with E-state index in [0.29, 0.717) is 6.61 Å². The molecule has 0 heterocycles. The van der Waals surface area contributed by atoms with Gasteiger partial charge in [0.2, 0.25) is 0 Å². The number of nitrogens with one attached hydrogen (secondary N) is 1. The van der Waals surface area contributed by atoms with E-state index in [-0.39, 0.29) is 11.6 Å². The van der Waals surface area contributed by atoms with Gasteiger partial charge >= 0.3 is 0 Å². The lowest BCUT2D eigenvalue weighted by atomic mass is 10.1. The normalized spacial score (nSPS) is 15.8. The summed E-state index contributed by atoms with van der Waals surface area (Å²) in [7, 11) is -2.98. The van der Waals surface area contributed by atoms with Gasteiger partial charge < -0.3 is 14.2 Å². The van der Waals surface area contributed by atoms with E-state index in [1.54, 1.807) is 0 Å². The van der Waals surface area contributed by atoms with E-state index in [4.69, 9.17) is 8.85 Å². The molecule has 0 aliphatic heterocycles. The maximum atomic E-state index is 6.20. The molecule has 0 aliphatic carbocycles. The highest BCUT2D eigenvalue weighted by atomic mass is 28.4. The third kappa shape index (κ3) is 12.8. The van der Waals surface area contributed by atoms with Gasteiger partial charge in [-0.1, -0.05) is 0 Å². The van der Waals surface area contributed by atoms with Crippen LogP contribution in [0.15, 0.2) is 0 Å². The molecule has 0 fully saturated rings. The van der Waals surface area contributed by atoms with Crippen molar-refractivity contribution in [2.45, 2.75) is 71.7 Å². The van der Waals surface area contributed by atoms with Crippen molar-refractivity contribution in [2.75, 3.05) is 13.2 Å². The van der Waals surface area contributed by atoms with Crippen molar-refractivity contribution in [1.82, 2.24) is 5.32 Å². The summed E-state index contributed by atoms with van der Waals surface area (Å²) in [6, 6.07) is 0. The fraction of sp³-hybridized carbons (Fsp3) is 1.00. The number of rotatable bonds is 7. The van der Waals surface area contributed by atoms with Crippen molar-refractivity contribution in [3.8, 4) is 0 Å². The molecule has 0 aromatic rings. The number of hydrogen-bond donors (Lipinski definition) is 1. The first kappa shape index (κ1) is 18.3. The summed E-state index contributed by atoms with van der Waals surface area (Å²) < 4.78 is 12.2. The second-order valence-electron chi connectivity index (χ2n) is 7.91. The fourth-order valence-corrected chi connectivity index (χ4v) is 3.23. The molecule has 5 heteroatoms. The van der Waals surface area contributed by atoms with Crippen molar-refractivity contribution < 1.29 is 8.85 Å². The predicted octanol–water partition coefficient (Wildman–Crippen LogP) is 3.45. The van der Waals surface area contributed by atoms with E-state index >= 15 is 0 Å². The Bertz CT molecular complexity index is 221. The molecule has 0 aliphatic rings. The first-order valence-electron chi connectivity index (χ1n) is 6.85. The van der Waals surface area contributed by atoms with Gasteiger partial charge in [0.1, 0.15) is 0 Å². The van der Waals surface area contributed by atoms with Crippen molar-refractivity contribution in [2.24, 2.45) is 0 Å². The standard InChI is InChI=1S/C13H33NO2Si2/c1-13(2,3)14-10-12(16-18(7,8)9)11-15-17(4,5)6/h12,14H,10-11H2,1-9H3. The van der Waals surface area contributed by atoms with Gasteiger partial charge in [0, 0.05) is 12.1 Å². The summed E-state index contributed by atoms with van der Waals surface area (Å²) in [5, 5.41) is 3.51. The van der Waals surface area contributed by atoms with Crippen molar-refractivity contribution in [3.05, 3.63) is 0 Å². The summed E-state index contributed by atoms with van der Waals surface area (Å²) in [4.78, 5) is 0. The van der Waals surface area contributed by atoms with Crippen LogP contribution in [0.3, 0.4) is 0 Å². The smallest absolute Gasteiger partial charge is 0.184 e. The molecule has 1 atom stereocenters. The van der Waals surface area contributed by atoms with Gasteiger partial charge in [-0.2, -0.15) is 0 Å². The van der Waals surface area contributed by atoms with E-state index in [1.165, 1.54) is 0 Å². The Morgan fingerprint density at radius 3 is 1.78 bits per heavy atom. The Morgan fingerprint density at radius 1 is 0.944 bits per heavy atom. The van der Waals surface area contributed by atoms with Gasteiger partial charge in [0.05, 0.1) is 12.7 Å². The Morgan fingerprint density at radius 2 is 1.44 bits per heavy atom. The highest BCUT2D eigenvalue weighted by Crippen LogP contribution is 2.11. The highest BCUT2D eigenvalue weighted by Gasteiger charge is 2.25. The van der Waals surface area contributed by atoms with Gasteiger partial charge in [-0.15, -0.1) is 0 Å². The van der Waals surface area contributed by atoms with E-state index in [2.05, 4.69) is 65.4 Å². The summed E-state index contributed by atoms with van der Waals surface area (Å²) >= 11 is 0. The molecule has 0 aromatic heterocycles. The molecule has 0 saturated heterocycles. The highest BCUT2D eigenvalue weighted by molar-refractivity contribution is 6.70. The van der Waals surface area contributed by atoms with Gasteiger partial charge in [-0.25, -0.2) is 0 Å². The summed E-state index contributed by atoms with van der Waals surface area (Å²) in [6.45, 7) is 21.4. The minimum absolute atomic E-state index is 0.125. The van der Waals surface area contributed by atoms with Crippen molar-refractivity contribution in [1.29, 1.82) is 0 Å². The monoisotopic (exact) mass is 291 g/mol. The summed E-state index contributed by atoms with van der Waals surface area (Å²) in [5.41, 5.74) is 0.125. The lowest BCUT2D eigenvalue weighted by Gasteiger charge is -2.31. The molecule has 0 spiro atoms. The van der Waals surface area contributed by atoms with Crippen LogP contribution in [0.2, 0.25) is 39.3 Å². The second kappa shape index (κ2) is 6.65. The topological polar surface area (TPSA) is 30.5 Å². The van der Waals surface area contributed by atoms with Crippen LogP contribution in [-0.2, 0) is 8.85 Å². The SMILES string of the molecule is CC(C)(C)NCC(CO[Si](C)(C)C)O[Si](C)(C)C.